The Morgan fingerprint density at radius 1 is 1.13 bits per heavy atom. The number of thiophene rings is 1. The second-order valence-corrected chi connectivity index (χ2v) is 8.92. The van der Waals surface area contributed by atoms with E-state index < -0.39 is 0 Å². The molecular weight excluding hydrogens is 396 g/mol. The molecule has 1 saturated heterocycles. The summed E-state index contributed by atoms with van der Waals surface area (Å²) >= 11 is 1.75. The molecule has 30 heavy (non-hydrogen) atoms. The summed E-state index contributed by atoms with van der Waals surface area (Å²) in [6, 6.07) is 8.13. The zero-order chi connectivity index (χ0) is 20.5. The molecule has 1 aromatic carbocycles. The summed E-state index contributed by atoms with van der Waals surface area (Å²) in [4.78, 5) is 22.6. The maximum Gasteiger partial charge on any atom is 0.146 e. The molecule has 156 valence electrons. The molecule has 7 nitrogen and oxygen atoms in total. The first-order valence-corrected chi connectivity index (χ1v) is 11.2. The Morgan fingerprint density at radius 2 is 1.97 bits per heavy atom. The van der Waals surface area contributed by atoms with Crippen LogP contribution in [-0.4, -0.2) is 57.7 Å². The van der Waals surface area contributed by atoms with Gasteiger partial charge in [0.2, 0.25) is 0 Å². The number of H-pyrrole nitrogens is 1. The van der Waals surface area contributed by atoms with Gasteiger partial charge in [-0.2, -0.15) is 0 Å². The highest BCUT2D eigenvalue weighted by Crippen LogP contribution is 2.33. The van der Waals surface area contributed by atoms with E-state index in [1.165, 1.54) is 10.4 Å². The molecule has 3 aromatic heterocycles. The molecule has 1 aliphatic rings. The fraction of sp³-hybridized carbons (Fsp3) is 0.409. The van der Waals surface area contributed by atoms with Gasteiger partial charge in [-0.1, -0.05) is 12.1 Å². The van der Waals surface area contributed by atoms with Crippen LogP contribution in [0.25, 0.3) is 21.3 Å². The number of imidazole rings is 1. The Labute approximate surface area is 179 Å². The van der Waals surface area contributed by atoms with Gasteiger partial charge in [-0.15, -0.1) is 11.3 Å². The minimum Gasteiger partial charge on any atom is -0.379 e. The van der Waals surface area contributed by atoms with Crippen molar-refractivity contribution in [1.82, 2.24) is 24.8 Å². The molecular formula is C22H26N6OS. The van der Waals surface area contributed by atoms with Crippen molar-refractivity contribution in [1.29, 1.82) is 0 Å². The Bertz CT molecular complexity index is 1140. The van der Waals surface area contributed by atoms with Crippen LogP contribution in [0.3, 0.4) is 0 Å². The smallest absolute Gasteiger partial charge is 0.146 e. The van der Waals surface area contributed by atoms with Gasteiger partial charge in [0.05, 0.1) is 36.2 Å². The lowest BCUT2D eigenvalue weighted by molar-refractivity contribution is 0.0331. The maximum atomic E-state index is 5.47. The molecule has 0 saturated carbocycles. The summed E-state index contributed by atoms with van der Waals surface area (Å²) in [5, 5.41) is 4.71. The van der Waals surface area contributed by atoms with Crippen LogP contribution in [0.4, 0.5) is 5.82 Å². The third-order valence-corrected chi connectivity index (χ3v) is 6.74. The number of aromatic amines is 1. The Hall–Kier alpha value is -2.55. The lowest BCUT2D eigenvalue weighted by Gasteiger charge is -2.25. The number of nitrogens with zero attached hydrogens (tertiary/aromatic N) is 4. The average Bonchev–Trinajstić information content (AvgIpc) is 3.29. The van der Waals surface area contributed by atoms with Crippen LogP contribution in [0.5, 0.6) is 0 Å². The molecule has 8 heteroatoms. The summed E-state index contributed by atoms with van der Waals surface area (Å²) < 4.78 is 5.47. The number of ether oxygens (including phenoxy) is 1. The number of aromatic nitrogens is 4. The molecule has 0 unspecified atom stereocenters. The fourth-order valence-corrected chi connectivity index (χ4v) is 4.92. The van der Waals surface area contributed by atoms with Crippen molar-refractivity contribution in [2.45, 2.75) is 26.8 Å². The summed E-state index contributed by atoms with van der Waals surface area (Å²) in [6.45, 7) is 9.25. The van der Waals surface area contributed by atoms with E-state index in [0.717, 1.165) is 84.5 Å². The molecule has 4 aromatic rings. The van der Waals surface area contributed by atoms with Crippen molar-refractivity contribution in [2.24, 2.45) is 0 Å². The van der Waals surface area contributed by atoms with Crippen LogP contribution < -0.4 is 5.32 Å². The summed E-state index contributed by atoms with van der Waals surface area (Å²) in [6.07, 6.45) is 0.807. The number of aryl methyl sites for hydroxylation is 2. The van der Waals surface area contributed by atoms with Gasteiger partial charge in [-0.25, -0.2) is 15.0 Å². The Balaban J connectivity index is 1.37. The Morgan fingerprint density at radius 3 is 2.80 bits per heavy atom. The number of hydrogen-bond donors (Lipinski definition) is 2. The predicted molar refractivity (Wildman–Crippen MR) is 121 cm³/mol. The first-order valence-electron chi connectivity index (χ1n) is 10.4. The van der Waals surface area contributed by atoms with Gasteiger partial charge in [-0.3, -0.25) is 4.90 Å². The van der Waals surface area contributed by atoms with Crippen molar-refractivity contribution in [3.05, 3.63) is 46.4 Å². The third-order valence-electron chi connectivity index (χ3n) is 5.64. The van der Waals surface area contributed by atoms with Gasteiger partial charge in [0, 0.05) is 30.9 Å². The summed E-state index contributed by atoms with van der Waals surface area (Å²) in [5.74, 6) is 2.79. The van der Waals surface area contributed by atoms with Crippen molar-refractivity contribution < 1.29 is 4.74 Å². The van der Waals surface area contributed by atoms with Crippen LogP contribution in [0.1, 0.15) is 22.1 Å². The quantitative estimate of drug-likeness (QED) is 0.494. The van der Waals surface area contributed by atoms with Crippen LogP contribution in [0.2, 0.25) is 0 Å². The number of benzene rings is 1. The van der Waals surface area contributed by atoms with E-state index in [9.17, 15) is 0 Å². The Kier molecular flexibility index (Phi) is 5.37. The molecule has 1 aliphatic heterocycles. The number of morpholine rings is 1. The molecule has 4 heterocycles. The molecule has 2 N–H and O–H groups in total. The zero-order valence-electron chi connectivity index (χ0n) is 17.4. The van der Waals surface area contributed by atoms with Crippen LogP contribution in [0, 0.1) is 13.8 Å². The number of hydrogen-bond acceptors (Lipinski definition) is 7. The van der Waals surface area contributed by atoms with Crippen molar-refractivity contribution in [3.63, 3.8) is 0 Å². The van der Waals surface area contributed by atoms with Crippen LogP contribution in [-0.2, 0) is 17.7 Å². The van der Waals surface area contributed by atoms with E-state index in [1.54, 1.807) is 11.3 Å². The van der Waals surface area contributed by atoms with Gasteiger partial charge >= 0.3 is 0 Å². The van der Waals surface area contributed by atoms with Crippen molar-refractivity contribution >= 4 is 38.4 Å². The van der Waals surface area contributed by atoms with Gasteiger partial charge in [0.15, 0.2) is 0 Å². The highest BCUT2D eigenvalue weighted by Gasteiger charge is 2.17. The van der Waals surface area contributed by atoms with E-state index in [2.05, 4.69) is 40.1 Å². The van der Waals surface area contributed by atoms with Crippen molar-refractivity contribution in [3.8, 4) is 0 Å². The lowest BCUT2D eigenvalue weighted by atomic mass is 10.2. The minimum atomic E-state index is 0.757. The zero-order valence-corrected chi connectivity index (χ0v) is 18.2. The lowest BCUT2D eigenvalue weighted by Crippen LogP contribution is -2.36. The number of rotatable bonds is 6. The minimum absolute atomic E-state index is 0.757. The number of fused-ring (bicyclic) bond motifs is 2. The predicted octanol–water partition coefficient (Wildman–Crippen LogP) is 3.67. The number of para-hydroxylation sites is 2. The highest BCUT2D eigenvalue weighted by atomic mass is 32.1. The largest absolute Gasteiger partial charge is 0.379 e. The highest BCUT2D eigenvalue weighted by molar-refractivity contribution is 7.18. The van der Waals surface area contributed by atoms with Gasteiger partial charge in [0.25, 0.3) is 0 Å². The van der Waals surface area contributed by atoms with E-state index in [4.69, 9.17) is 14.7 Å². The van der Waals surface area contributed by atoms with E-state index in [-0.39, 0.29) is 0 Å². The molecule has 5 rings (SSSR count). The fourth-order valence-electron chi connectivity index (χ4n) is 3.88. The first-order chi connectivity index (χ1) is 14.7. The third kappa shape index (κ3) is 3.90. The van der Waals surface area contributed by atoms with Crippen LogP contribution in [0.15, 0.2) is 24.3 Å². The second-order valence-electron chi connectivity index (χ2n) is 7.72. The normalized spacial score (nSPS) is 15.3. The second kappa shape index (κ2) is 8.29. The maximum absolute atomic E-state index is 5.47. The standard InChI is InChI=1S/C22H26N6OS/c1-14-15(2)30-22-20(14)21(26-19(27-22)13-28-9-11-29-12-10-28)23-8-7-18-24-16-5-3-4-6-17(16)25-18/h3-6H,7-13H2,1-2H3,(H,24,25)(H,23,26,27). The van der Waals surface area contributed by atoms with Gasteiger partial charge in [-0.05, 0) is 31.5 Å². The molecule has 0 atom stereocenters. The molecule has 0 amide bonds. The van der Waals surface area contributed by atoms with Gasteiger partial charge < -0.3 is 15.0 Å². The molecule has 1 fully saturated rings. The van der Waals surface area contributed by atoms with Gasteiger partial charge in [0.1, 0.15) is 22.3 Å². The van der Waals surface area contributed by atoms with E-state index in [1.807, 2.05) is 18.2 Å². The molecule has 0 radical (unpaired) electrons. The summed E-state index contributed by atoms with van der Waals surface area (Å²) in [5.41, 5.74) is 3.35. The topological polar surface area (TPSA) is 79.0 Å². The SMILES string of the molecule is Cc1sc2nc(CN3CCOCC3)nc(NCCc3nc4ccccc4[nH]3)c2c1C. The van der Waals surface area contributed by atoms with Crippen LogP contribution >= 0.6 is 11.3 Å². The average molecular weight is 423 g/mol. The van der Waals surface area contributed by atoms with E-state index >= 15 is 0 Å². The number of nitrogens with one attached hydrogen (secondary N) is 2. The molecule has 0 bridgehead atoms. The number of anilines is 1. The van der Waals surface area contributed by atoms with Crippen molar-refractivity contribution in [2.75, 3.05) is 38.2 Å². The monoisotopic (exact) mass is 422 g/mol. The molecule has 0 aliphatic carbocycles. The van der Waals surface area contributed by atoms with E-state index in [0.29, 0.717) is 0 Å². The first kappa shape index (κ1) is 19.4. The molecule has 0 spiro atoms. The summed E-state index contributed by atoms with van der Waals surface area (Å²) in [7, 11) is 0.